The maximum Gasteiger partial charge on any atom is 1.00 e. The molecular formula is C6H9N2NaO2. The molecule has 0 unspecified atom stereocenters. The standard InChI is InChI=1S/C6H8N2O2.Na.H/c1-9-5-3-6(10-2)8-4-7-5;;/h3-4H,1-2H3;;/q;+1;-1. The van der Waals surface area contributed by atoms with Crippen molar-refractivity contribution in [3.05, 3.63) is 12.4 Å². The van der Waals surface area contributed by atoms with E-state index >= 15 is 0 Å². The molecule has 1 rings (SSSR count). The summed E-state index contributed by atoms with van der Waals surface area (Å²) in [5.74, 6) is 1.01. The molecule has 4 nitrogen and oxygen atoms in total. The number of ether oxygens (including phenoxy) is 2. The van der Waals surface area contributed by atoms with Crippen molar-refractivity contribution in [1.82, 2.24) is 9.97 Å². The zero-order chi connectivity index (χ0) is 7.40. The van der Waals surface area contributed by atoms with Crippen molar-refractivity contribution in [2.45, 2.75) is 0 Å². The summed E-state index contributed by atoms with van der Waals surface area (Å²) >= 11 is 0. The van der Waals surface area contributed by atoms with Crippen LogP contribution in [-0.2, 0) is 0 Å². The molecule has 0 aliphatic rings. The molecule has 1 aromatic heterocycles. The molecule has 0 aromatic carbocycles. The number of aromatic nitrogens is 2. The predicted molar refractivity (Wildman–Crippen MR) is 36.2 cm³/mol. The minimum absolute atomic E-state index is 0. The summed E-state index contributed by atoms with van der Waals surface area (Å²) in [5, 5.41) is 0. The first-order valence-electron chi connectivity index (χ1n) is 2.77. The van der Waals surface area contributed by atoms with Gasteiger partial charge in [-0.2, -0.15) is 0 Å². The smallest absolute Gasteiger partial charge is 1.00 e. The second kappa shape index (κ2) is 5.35. The molecule has 56 valence electrons. The van der Waals surface area contributed by atoms with Crippen LogP contribution in [0.15, 0.2) is 12.4 Å². The van der Waals surface area contributed by atoms with Crippen LogP contribution in [0, 0.1) is 0 Å². The second-order valence-electron chi connectivity index (χ2n) is 1.60. The van der Waals surface area contributed by atoms with Gasteiger partial charge in [0.2, 0.25) is 11.8 Å². The molecule has 1 heterocycles. The Labute approximate surface area is 88.7 Å². The molecule has 5 heteroatoms. The van der Waals surface area contributed by atoms with E-state index in [4.69, 9.17) is 9.47 Å². The Morgan fingerprint density at radius 3 is 2.00 bits per heavy atom. The molecule has 0 aliphatic heterocycles. The molecule has 11 heavy (non-hydrogen) atoms. The topological polar surface area (TPSA) is 44.2 Å². The molecule has 0 spiro atoms. The van der Waals surface area contributed by atoms with Crippen LogP contribution in [0.25, 0.3) is 0 Å². The monoisotopic (exact) mass is 164 g/mol. The van der Waals surface area contributed by atoms with Crippen LogP contribution in [0.2, 0.25) is 0 Å². The molecule has 0 N–H and O–H groups in total. The van der Waals surface area contributed by atoms with Crippen molar-refractivity contribution < 1.29 is 40.5 Å². The summed E-state index contributed by atoms with van der Waals surface area (Å²) in [6, 6.07) is 1.61. The van der Waals surface area contributed by atoms with Crippen molar-refractivity contribution in [3.63, 3.8) is 0 Å². The Morgan fingerprint density at radius 2 is 1.64 bits per heavy atom. The van der Waals surface area contributed by atoms with Crippen molar-refractivity contribution in [2.75, 3.05) is 14.2 Å². The largest absolute Gasteiger partial charge is 1.00 e. The molecule has 0 atom stereocenters. The van der Waals surface area contributed by atoms with Crippen molar-refractivity contribution in [2.24, 2.45) is 0 Å². The third-order valence-corrected chi connectivity index (χ3v) is 1.04. The van der Waals surface area contributed by atoms with Crippen molar-refractivity contribution >= 4 is 0 Å². The Kier molecular flexibility index (Phi) is 5.19. The zero-order valence-electron chi connectivity index (χ0n) is 7.87. The number of nitrogens with zero attached hydrogens (tertiary/aromatic N) is 2. The maximum absolute atomic E-state index is 4.83. The van der Waals surface area contributed by atoms with Gasteiger partial charge >= 0.3 is 29.6 Å². The first kappa shape index (κ1) is 10.7. The van der Waals surface area contributed by atoms with E-state index in [1.165, 1.54) is 6.33 Å². The third kappa shape index (κ3) is 3.05. The Balaban J connectivity index is 0. The molecule has 0 radical (unpaired) electrons. The minimum Gasteiger partial charge on any atom is -1.00 e. The number of hydrogen-bond acceptors (Lipinski definition) is 4. The van der Waals surface area contributed by atoms with Gasteiger partial charge in [-0.05, 0) is 0 Å². The van der Waals surface area contributed by atoms with Crippen molar-refractivity contribution in [1.29, 1.82) is 0 Å². The van der Waals surface area contributed by atoms with Crippen LogP contribution in [0.1, 0.15) is 1.43 Å². The average Bonchev–Trinajstić information content (AvgIpc) is 2.05. The van der Waals surface area contributed by atoms with E-state index in [0.717, 1.165) is 0 Å². The Hall–Kier alpha value is -0.320. The van der Waals surface area contributed by atoms with Crippen LogP contribution in [-0.4, -0.2) is 24.2 Å². The van der Waals surface area contributed by atoms with Gasteiger partial charge in [0.15, 0.2) is 0 Å². The summed E-state index contributed by atoms with van der Waals surface area (Å²) in [5.41, 5.74) is 0. The van der Waals surface area contributed by atoms with Crippen LogP contribution >= 0.6 is 0 Å². The first-order valence-corrected chi connectivity index (χ1v) is 2.77. The number of rotatable bonds is 2. The Bertz CT molecular complexity index is 205. The third-order valence-electron chi connectivity index (χ3n) is 1.04. The van der Waals surface area contributed by atoms with E-state index in [0.29, 0.717) is 11.8 Å². The van der Waals surface area contributed by atoms with E-state index in [-0.39, 0.29) is 31.0 Å². The minimum atomic E-state index is 0. The summed E-state index contributed by atoms with van der Waals surface area (Å²) < 4.78 is 9.65. The predicted octanol–water partition coefficient (Wildman–Crippen LogP) is -2.39. The fourth-order valence-corrected chi connectivity index (χ4v) is 0.546. The molecule has 0 aliphatic carbocycles. The Morgan fingerprint density at radius 1 is 1.18 bits per heavy atom. The summed E-state index contributed by atoms with van der Waals surface area (Å²) in [4.78, 5) is 7.58. The van der Waals surface area contributed by atoms with Gasteiger partial charge < -0.3 is 10.9 Å². The quantitative estimate of drug-likeness (QED) is 0.457. The number of hydrogen-bond donors (Lipinski definition) is 0. The van der Waals surface area contributed by atoms with Gasteiger partial charge in [-0.25, -0.2) is 9.97 Å². The molecule has 0 bridgehead atoms. The number of methoxy groups -OCH3 is 2. The van der Waals surface area contributed by atoms with E-state index in [9.17, 15) is 0 Å². The van der Waals surface area contributed by atoms with Gasteiger partial charge in [0.25, 0.3) is 0 Å². The molecule has 1 aromatic rings. The average molecular weight is 164 g/mol. The van der Waals surface area contributed by atoms with Crippen LogP contribution in [0.4, 0.5) is 0 Å². The summed E-state index contributed by atoms with van der Waals surface area (Å²) in [6.07, 6.45) is 1.39. The zero-order valence-corrected chi connectivity index (χ0v) is 8.87. The van der Waals surface area contributed by atoms with Gasteiger partial charge in [-0.1, -0.05) is 0 Å². The van der Waals surface area contributed by atoms with Crippen LogP contribution < -0.4 is 39.0 Å². The van der Waals surface area contributed by atoms with E-state index < -0.39 is 0 Å². The van der Waals surface area contributed by atoms with Gasteiger partial charge in [0.05, 0.1) is 20.3 Å². The van der Waals surface area contributed by atoms with Gasteiger partial charge in [-0.3, -0.25) is 0 Å². The molecule has 0 saturated heterocycles. The fourth-order valence-electron chi connectivity index (χ4n) is 0.546. The van der Waals surface area contributed by atoms with E-state index in [1.54, 1.807) is 20.3 Å². The SMILES string of the molecule is COc1cc(OC)ncn1.[H-].[Na+]. The van der Waals surface area contributed by atoms with E-state index in [1.807, 2.05) is 0 Å². The van der Waals surface area contributed by atoms with Crippen LogP contribution in [0.5, 0.6) is 11.8 Å². The maximum atomic E-state index is 4.83. The fraction of sp³-hybridized carbons (Fsp3) is 0.333. The van der Waals surface area contributed by atoms with Crippen LogP contribution in [0.3, 0.4) is 0 Å². The first-order chi connectivity index (χ1) is 4.86. The molecular weight excluding hydrogens is 155 g/mol. The summed E-state index contributed by atoms with van der Waals surface area (Å²) in [6.45, 7) is 0. The molecule has 0 fully saturated rings. The van der Waals surface area contributed by atoms with Gasteiger partial charge in [0.1, 0.15) is 6.33 Å². The molecule has 0 amide bonds. The van der Waals surface area contributed by atoms with Gasteiger partial charge in [-0.15, -0.1) is 0 Å². The normalized spacial score (nSPS) is 8.18. The second-order valence-corrected chi connectivity index (χ2v) is 1.60. The molecule has 0 saturated carbocycles. The van der Waals surface area contributed by atoms with Crippen molar-refractivity contribution in [3.8, 4) is 11.8 Å². The van der Waals surface area contributed by atoms with E-state index in [2.05, 4.69) is 9.97 Å². The van der Waals surface area contributed by atoms with Gasteiger partial charge in [0, 0.05) is 0 Å². The summed E-state index contributed by atoms with van der Waals surface area (Å²) in [7, 11) is 3.09.